The summed E-state index contributed by atoms with van der Waals surface area (Å²) in [5.74, 6) is -0.760. The number of carbonyl (C=O) groups is 2. The zero-order valence-electron chi connectivity index (χ0n) is 19.0. The third-order valence-electron chi connectivity index (χ3n) is 6.66. The van der Waals surface area contributed by atoms with Gasteiger partial charge in [0.05, 0.1) is 16.7 Å². The maximum atomic E-state index is 13.5. The minimum absolute atomic E-state index is 0.0373. The molecule has 0 aliphatic carbocycles. The number of pyridine rings is 1. The molecule has 5 rings (SSSR count). The van der Waals surface area contributed by atoms with Crippen LogP contribution in [0.25, 0.3) is 0 Å². The Labute approximate surface area is 210 Å². The van der Waals surface area contributed by atoms with E-state index >= 15 is 0 Å². The maximum Gasteiger partial charge on any atom is 0.417 e. The number of carbonyl (C=O) groups excluding carboxylic acids is 2. The first-order chi connectivity index (χ1) is 17.2. The third-order valence-corrected chi connectivity index (χ3v) is 6.90. The molecule has 2 atom stereocenters. The van der Waals surface area contributed by atoms with Crippen molar-refractivity contribution in [3.63, 3.8) is 0 Å². The quantitative estimate of drug-likeness (QED) is 0.470. The second-order valence-electron chi connectivity index (χ2n) is 8.86. The van der Waals surface area contributed by atoms with Crippen molar-refractivity contribution in [1.82, 2.24) is 10.3 Å². The maximum absolute atomic E-state index is 13.5. The van der Waals surface area contributed by atoms with Gasteiger partial charge >= 0.3 is 6.18 Å². The Morgan fingerprint density at radius 1 is 1.08 bits per heavy atom. The molecule has 1 saturated heterocycles. The van der Waals surface area contributed by atoms with E-state index < -0.39 is 23.2 Å². The van der Waals surface area contributed by atoms with E-state index in [2.05, 4.69) is 15.6 Å². The average Bonchev–Trinajstić information content (AvgIpc) is 3.27. The molecule has 186 valence electrons. The molecule has 2 aliphatic rings. The van der Waals surface area contributed by atoms with Crippen molar-refractivity contribution in [2.75, 3.05) is 23.3 Å². The van der Waals surface area contributed by atoms with Crippen LogP contribution in [-0.2, 0) is 6.18 Å². The number of nitrogens with zero attached hydrogens (tertiary/aromatic N) is 2. The Balaban J connectivity index is 1.36. The summed E-state index contributed by atoms with van der Waals surface area (Å²) in [6.45, 7) is 1.45. The summed E-state index contributed by atoms with van der Waals surface area (Å²) >= 11 is 6.26. The lowest BCUT2D eigenvalue weighted by Gasteiger charge is -2.24. The average molecular weight is 515 g/mol. The van der Waals surface area contributed by atoms with Gasteiger partial charge in [-0.3, -0.25) is 9.59 Å². The number of fused-ring (bicyclic) bond motifs is 3. The summed E-state index contributed by atoms with van der Waals surface area (Å²) in [6.07, 6.45) is -1.51. The van der Waals surface area contributed by atoms with Gasteiger partial charge in [0.15, 0.2) is 0 Å². The van der Waals surface area contributed by atoms with Crippen molar-refractivity contribution in [3.8, 4) is 0 Å². The van der Waals surface area contributed by atoms with E-state index in [4.69, 9.17) is 11.6 Å². The molecule has 6 nitrogen and oxygen atoms in total. The summed E-state index contributed by atoms with van der Waals surface area (Å²) in [4.78, 5) is 31.8. The van der Waals surface area contributed by atoms with Gasteiger partial charge in [-0.05, 0) is 73.3 Å². The molecule has 1 fully saturated rings. The number of hydrogen-bond donors (Lipinski definition) is 2. The molecule has 0 bridgehead atoms. The number of halogens is 4. The lowest BCUT2D eigenvalue weighted by molar-refractivity contribution is -0.137. The van der Waals surface area contributed by atoms with Crippen LogP contribution in [0.1, 0.15) is 50.7 Å². The van der Waals surface area contributed by atoms with E-state index in [9.17, 15) is 22.8 Å². The van der Waals surface area contributed by atoms with Gasteiger partial charge in [0.25, 0.3) is 11.8 Å². The second kappa shape index (κ2) is 9.55. The fraction of sp³-hybridized carbons (Fsp3) is 0.269. The predicted molar refractivity (Wildman–Crippen MR) is 130 cm³/mol. The van der Waals surface area contributed by atoms with E-state index in [1.807, 2.05) is 12.1 Å². The van der Waals surface area contributed by atoms with E-state index in [0.717, 1.165) is 42.8 Å². The fourth-order valence-electron chi connectivity index (χ4n) is 4.94. The minimum atomic E-state index is -4.67. The van der Waals surface area contributed by atoms with E-state index in [0.29, 0.717) is 23.0 Å². The van der Waals surface area contributed by atoms with Gasteiger partial charge in [0.1, 0.15) is 5.82 Å². The van der Waals surface area contributed by atoms with Crippen molar-refractivity contribution in [2.45, 2.75) is 25.1 Å². The highest BCUT2D eigenvalue weighted by molar-refractivity contribution is 6.30. The fourth-order valence-corrected chi connectivity index (χ4v) is 5.12. The van der Waals surface area contributed by atoms with Crippen LogP contribution in [0.2, 0.25) is 5.02 Å². The first-order valence-electron chi connectivity index (χ1n) is 11.5. The molecular formula is C26H22ClF3N4O2. The lowest BCUT2D eigenvalue weighted by atomic mass is 9.92. The van der Waals surface area contributed by atoms with Gasteiger partial charge in [-0.2, -0.15) is 13.2 Å². The Morgan fingerprint density at radius 2 is 1.89 bits per heavy atom. The molecule has 3 heterocycles. The van der Waals surface area contributed by atoms with Gasteiger partial charge in [0, 0.05) is 29.5 Å². The van der Waals surface area contributed by atoms with Crippen LogP contribution in [0.5, 0.6) is 0 Å². The first kappa shape index (κ1) is 24.3. The molecule has 0 saturated carbocycles. The molecule has 10 heteroatoms. The highest BCUT2D eigenvalue weighted by atomic mass is 35.5. The largest absolute Gasteiger partial charge is 0.417 e. The molecular weight excluding hydrogens is 493 g/mol. The number of benzene rings is 2. The number of aromatic nitrogens is 1. The zero-order valence-corrected chi connectivity index (χ0v) is 19.7. The Hall–Kier alpha value is -3.43. The van der Waals surface area contributed by atoms with Crippen molar-refractivity contribution >= 4 is 34.9 Å². The Bertz CT molecular complexity index is 1310. The SMILES string of the molecule is O=C(Nc1ccc(C(=O)N2CCC3CCN[C@H]3c3cc(Cl)ccc32)cn1)c1ccccc1C(F)(F)F. The molecule has 1 unspecified atom stereocenters. The molecule has 1 aromatic heterocycles. The Kier molecular flexibility index (Phi) is 6.44. The number of amides is 2. The molecule has 0 spiro atoms. The molecule has 2 N–H and O–H groups in total. The van der Waals surface area contributed by atoms with Gasteiger partial charge in [0.2, 0.25) is 0 Å². The standard InChI is InChI=1S/C26H22ClF3N4O2/c27-17-6-7-21-19(13-17)23-15(9-11-31-23)10-12-34(21)25(36)16-5-8-22(32-14-16)33-24(35)18-3-1-2-4-20(18)26(28,29)30/h1-8,13-15,23,31H,9-12H2,(H,32,33,35)/t15?,23-/m1/s1. The highest BCUT2D eigenvalue weighted by Crippen LogP contribution is 2.42. The van der Waals surface area contributed by atoms with Crippen LogP contribution in [0.3, 0.4) is 0 Å². The van der Waals surface area contributed by atoms with Crippen molar-refractivity contribution < 1.29 is 22.8 Å². The molecule has 0 radical (unpaired) electrons. The molecule has 3 aromatic rings. The summed E-state index contributed by atoms with van der Waals surface area (Å²) in [6, 6.07) is 13.1. The van der Waals surface area contributed by atoms with Crippen LogP contribution >= 0.6 is 11.6 Å². The second-order valence-corrected chi connectivity index (χ2v) is 9.30. The normalized spacial score (nSPS) is 19.3. The number of anilines is 2. The first-order valence-corrected chi connectivity index (χ1v) is 11.9. The van der Waals surface area contributed by atoms with Crippen molar-refractivity contribution in [2.24, 2.45) is 5.92 Å². The summed E-state index contributed by atoms with van der Waals surface area (Å²) < 4.78 is 39.7. The van der Waals surface area contributed by atoms with Crippen molar-refractivity contribution in [1.29, 1.82) is 0 Å². The highest BCUT2D eigenvalue weighted by Gasteiger charge is 2.36. The number of nitrogens with one attached hydrogen (secondary N) is 2. The Morgan fingerprint density at radius 3 is 2.64 bits per heavy atom. The molecule has 2 aromatic carbocycles. The summed E-state index contributed by atoms with van der Waals surface area (Å²) in [5, 5.41) is 6.49. The topological polar surface area (TPSA) is 74.3 Å². The van der Waals surface area contributed by atoms with Crippen LogP contribution in [0.4, 0.5) is 24.7 Å². The smallest absolute Gasteiger partial charge is 0.310 e. The van der Waals surface area contributed by atoms with E-state index in [-0.39, 0.29) is 17.8 Å². The summed E-state index contributed by atoms with van der Waals surface area (Å²) in [7, 11) is 0. The van der Waals surface area contributed by atoms with Crippen molar-refractivity contribution in [3.05, 3.63) is 88.1 Å². The molecule has 2 aliphatic heterocycles. The van der Waals surface area contributed by atoms with Gasteiger partial charge in [-0.1, -0.05) is 23.7 Å². The number of hydrogen-bond acceptors (Lipinski definition) is 4. The van der Waals surface area contributed by atoms with Crippen LogP contribution < -0.4 is 15.5 Å². The molecule has 2 amide bonds. The third kappa shape index (κ3) is 4.68. The van der Waals surface area contributed by atoms with Crippen LogP contribution in [0, 0.1) is 5.92 Å². The predicted octanol–water partition coefficient (Wildman–Crippen LogP) is 5.71. The molecule has 36 heavy (non-hydrogen) atoms. The number of rotatable bonds is 3. The van der Waals surface area contributed by atoms with Gasteiger partial charge in [-0.25, -0.2) is 4.98 Å². The number of alkyl halides is 3. The van der Waals surface area contributed by atoms with Gasteiger partial charge in [-0.15, -0.1) is 0 Å². The monoisotopic (exact) mass is 514 g/mol. The lowest BCUT2D eigenvalue weighted by Crippen LogP contribution is -2.32. The van der Waals surface area contributed by atoms with Crippen LogP contribution in [-0.4, -0.2) is 29.9 Å². The van der Waals surface area contributed by atoms with Crippen LogP contribution in [0.15, 0.2) is 60.8 Å². The van der Waals surface area contributed by atoms with E-state index in [1.54, 1.807) is 11.0 Å². The summed E-state index contributed by atoms with van der Waals surface area (Å²) in [5.41, 5.74) is 0.521. The van der Waals surface area contributed by atoms with Gasteiger partial charge < -0.3 is 15.5 Å². The van der Waals surface area contributed by atoms with E-state index in [1.165, 1.54) is 30.5 Å². The minimum Gasteiger partial charge on any atom is -0.310 e. The zero-order chi connectivity index (χ0) is 25.4.